The minimum Gasteiger partial charge on any atom is -0.371 e. The molecule has 2 aliphatic rings. The first-order valence-electron chi connectivity index (χ1n) is 9.15. The van der Waals surface area contributed by atoms with Crippen molar-refractivity contribution in [2.24, 2.45) is 0 Å². The molecule has 0 unspecified atom stereocenters. The highest BCUT2D eigenvalue weighted by Crippen LogP contribution is 2.37. The average Bonchev–Trinajstić information content (AvgIpc) is 3.28. The molecule has 136 valence electrons. The maximum Gasteiger partial charge on any atom is 0.254 e. The van der Waals surface area contributed by atoms with Crippen LogP contribution in [0.15, 0.2) is 48.8 Å². The number of pyridine rings is 1. The predicted octanol–water partition coefficient (Wildman–Crippen LogP) is 2.98. The molecule has 0 aliphatic carbocycles. The summed E-state index contributed by atoms with van der Waals surface area (Å²) in [6.07, 6.45) is 5.37. The molecule has 0 saturated carbocycles. The maximum absolute atomic E-state index is 12.8. The number of hydrogen-bond donors (Lipinski definition) is 0. The number of hydrogen-bond acceptors (Lipinski definition) is 4. The van der Waals surface area contributed by atoms with Crippen molar-refractivity contribution in [1.82, 2.24) is 9.88 Å². The minimum absolute atomic E-state index is 0.0729. The van der Waals surface area contributed by atoms with Gasteiger partial charge in [0, 0.05) is 30.9 Å². The van der Waals surface area contributed by atoms with E-state index in [0.717, 1.165) is 36.1 Å². The summed E-state index contributed by atoms with van der Waals surface area (Å²) in [5.41, 5.74) is 2.62. The molecule has 1 aromatic heterocycles. The second kappa shape index (κ2) is 7.17. The summed E-state index contributed by atoms with van der Waals surface area (Å²) in [7, 11) is 0. The number of amides is 1. The molecule has 5 nitrogen and oxygen atoms in total. The van der Waals surface area contributed by atoms with E-state index in [-0.39, 0.29) is 17.6 Å². The number of ether oxygens (including phenoxy) is 2. The van der Waals surface area contributed by atoms with Crippen molar-refractivity contribution in [2.75, 3.05) is 19.7 Å². The third-order valence-corrected chi connectivity index (χ3v) is 5.36. The standard InChI is InChI=1S/C21H24N2O3/c1-16-5-2-3-7-19(16)20(24)23-10-8-21(15-23)11-18(14-26-21)25-13-17-6-4-9-22-12-17/h2-7,9,12,18H,8,10-11,13-15H2,1H3/t18-,21+/m1/s1. The van der Waals surface area contributed by atoms with Crippen LogP contribution >= 0.6 is 0 Å². The number of carbonyl (C=O) groups is 1. The SMILES string of the molecule is Cc1ccccc1C(=O)N1CC[C@]2(C[C@@H](OCc3cccnc3)CO2)C1. The summed E-state index contributed by atoms with van der Waals surface area (Å²) < 4.78 is 12.1. The summed E-state index contributed by atoms with van der Waals surface area (Å²) in [6.45, 7) is 4.50. The Kier molecular flexibility index (Phi) is 4.74. The molecule has 2 aromatic rings. The van der Waals surface area contributed by atoms with E-state index in [1.807, 2.05) is 54.4 Å². The molecule has 0 N–H and O–H groups in total. The van der Waals surface area contributed by atoms with Crippen LogP contribution in [0.5, 0.6) is 0 Å². The predicted molar refractivity (Wildman–Crippen MR) is 97.8 cm³/mol. The van der Waals surface area contributed by atoms with Gasteiger partial charge in [-0.15, -0.1) is 0 Å². The molecule has 1 spiro atoms. The summed E-state index contributed by atoms with van der Waals surface area (Å²) in [4.78, 5) is 18.9. The molecule has 0 radical (unpaired) electrons. The van der Waals surface area contributed by atoms with Crippen molar-refractivity contribution in [3.8, 4) is 0 Å². The van der Waals surface area contributed by atoms with Crippen LogP contribution in [0.4, 0.5) is 0 Å². The zero-order valence-electron chi connectivity index (χ0n) is 15.1. The Morgan fingerprint density at radius 2 is 2.23 bits per heavy atom. The Labute approximate surface area is 153 Å². The van der Waals surface area contributed by atoms with Crippen molar-refractivity contribution >= 4 is 5.91 Å². The van der Waals surface area contributed by atoms with E-state index in [1.54, 1.807) is 6.20 Å². The third kappa shape index (κ3) is 3.50. The average molecular weight is 352 g/mol. The Morgan fingerprint density at radius 1 is 1.35 bits per heavy atom. The van der Waals surface area contributed by atoms with Crippen LogP contribution in [0.25, 0.3) is 0 Å². The van der Waals surface area contributed by atoms with Crippen LogP contribution < -0.4 is 0 Å². The van der Waals surface area contributed by atoms with Gasteiger partial charge < -0.3 is 14.4 Å². The number of nitrogens with zero attached hydrogens (tertiary/aromatic N) is 2. The Bertz CT molecular complexity index is 780. The summed E-state index contributed by atoms with van der Waals surface area (Å²) in [6, 6.07) is 11.7. The lowest BCUT2D eigenvalue weighted by Crippen LogP contribution is -2.36. The molecule has 26 heavy (non-hydrogen) atoms. The third-order valence-electron chi connectivity index (χ3n) is 5.36. The lowest BCUT2D eigenvalue weighted by atomic mass is 9.98. The molecule has 1 aromatic carbocycles. The van der Waals surface area contributed by atoms with Crippen molar-refractivity contribution < 1.29 is 14.3 Å². The molecular weight excluding hydrogens is 328 g/mol. The van der Waals surface area contributed by atoms with E-state index >= 15 is 0 Å². The molecule has 3 heterocycles. The topological polar surface area (TPSA) is 51.7 Å². The van der Waals surface area contributed by atoms with Crippen molar-refractivity contribution in [3.05, 3.63) is 65.5 Å². The van der Waals surface area contributed by atoms with Gasteiger partial charge in [-0.1, -0.05) is 24.3 Å². The van der Waals surface area contributed by atoms with E-state index in [2.05, 4.69) is 4.98 Å². The van der Waals surface area contributed by atoms with Gasteiger partial charge in [-0.3, -0.25) is 9.78 Å². The van der Waals surface area contributed by atoms with Gasteiger partial charge in [0.25, 0.3) is 5.91 Å². The zero-order chi connectivity index (χ0) is 18.0. The number of likely N-dealkylation sites (tertiary alicyclic amines) is 1. The van der Waals surface area contributed by atoms with Gasteiger partial charge in [0.05, 0.1) is 31.5 Å². The second-order valence-electron chi connectivity index (χ2n) is 7.28. The van der Waals surface area contributed by atoms with Gasteiger partial charge in [-0.2, -0.15) is 0 Å². The van der Waals surface area contributed by atoms with Gasteiger partial charge in [-0.05, 0) is 36.6 Å². The van der Waals surface area contributed by atoms with Crippen molar-refractivity contribution in [1.29, 1.82) is 0 Å². The smallest absolute Gasteiger partial charge is 0.254 e. The fourth-order valence-electron chi connectivity index (χ4n) is 3.89. The molecule has 2 aliphatic heterocycles. The lowest BCUT2D eigenvalue weighted by Gasteiger charge is -2.23. The molecule has 5 heteroatoms. The summed E-state index contributed by atoms with van der Waals surface area (Å²) >= 11 is 0. The van der Waals surface area contributed by atoms with Crippen LogP contribution in [0.1, 0.15) is 34.3 Å². The van der Waals surface area contributed by atoms with E-state index in [1.165, 1.54) is 0 Å². The van der Waals surface area contributed by atoms with Gasteiger partial charge in [0.2, 0.25) is 0 Å². The first kappa shape index (κ1) is 17.2. The molecule has 0 bridgehead atoms. The first-order chi connectivity index (χ1) is 12.7. The highest BCUT2D eigenvalue weighted by molar-refractivity contribution is 5.95. The Morgan fingerprint density at radius 3 is 3.04 bits per heavy atom. The summed E-state index contributed by atoms with van der Waals surface area (Å²) in [5.74, 6) is 0.100. The normalized spacial score (nSPS) is 25.1. The summed E-state index contributed by atoms with van der Waals surface area (Å²) in [5, 5.41) is 0. The maximum atomic E-state index is 12.8. The quantitative estimate of drug-likeness (QED) is 0.849. The Balaban J connectivity index is 1.35. The monoisotopic (exact) mass is 352 g/mol. The van der Waals surface area contributed by atoms with Crippen LogP contribution in [-0.4, -0.2) is 47.2 Å². The molecule has 2 saturated heterocycles. The van der Waals surface area contributed by atoms with Crippen molar-refractivity contribution in [3.63, 3.8) is 0 Å². The number of carbonyl (C=O) groups excluding carboxylic acids is 1. The van der Waals surface area contributed by atoms with Crippen LogP contribution in [0, 0.1) is 6.92 Å². The molecular formula is C21H24N2O3. The van der Waals surface area contributed by atoms with Crippen LogP contribution in [-0.2, 0) is 16.1 Å². The fourth-order valence-corrected chi connectivity index (χ4v) is 3.89. The number of rotatable bonds is 4. The van der Waals surface area contributed by atoms with E-state index in [4.69, 9.17) is 9.47 Å². The lowest BCUT2D eigenvalue weighted by molar-refractivity contribution is 0.000245. The molecule has 4 rings (SSSR count). The van der Waals surface area contributed by atoms with E-state index in [9.17, 15) is 4.79 Å². The largest absolute Gasteiger partial charge is 0.371 e. The van der Waals surface area contributed by atoms with Gasteiger partial charge >= 0.3 is 0 Å². The number of aromatic nitrogens is 1. The van der Waals surface area contributed by atoms with Crippen molar-refractivity contribution in [2.45, 2.75) is 38.1 Å². The van der Waals surface area contributed by atoms with Gasteiger partial charge in [0.1, 0.15) is 0 Å². The number of aryl methyl sites for hydroxylation is 1. The highest BCUT2D eigenvalue weighted by atomic mass is 16.6. The first-order valence-corrected chi connectivity index (χ1v) is 9.15. The molecule has 2 atom stereocenters. The molecule has 1 amide bonds. The van der Waals surface area contributed by atoms with Crippen LogP contribution in [0.2, 0.25) is 0 Å². The van der Waals surface area contributed by atoms with E-state index < -0.39 is 0 Å². The Hall–Kier alpha value is -2.24. The zero-order valence-corrected chi connectivity index (χ0v) is 15.1. The van der Waals surface area contributed by atoms with Gasteiger partial charge in [0.15, 0.2) is 0 Å². The van der Waals surface area contributed by atoms with E-state index in [0.29, 0.717) is 19.8 Å². The second-order valence-corrected chi connectivity index (χ2v) is 7.28. The highest BCUT2D eigenvalue weighted by Gasteiger charge is 2.47. The minimum atomic E-state index is -0.252. The fraction of sp³-hybridized carbons (Fsp3) is 0.429. The number of benzene rings is 1. The van der Waals surface area contributed by atoms with Gasteiger partial charge in [-0.25, -0.2) is 0 Å². The molecule has 2 fully saturated rings. The van der Waals surface area contributed by atoms with Crippen LogP contribution in [0.3, 0.4) is 0 Å².